The molecule has 1 aliphatic rings. The van der Waals surface area contributed by atoms with Gasteiger partial charge < -0.3 is 14.6 Å². The number of carbonyl (C=O) groups is 1. The van der Waals surface area contributed by atoms with E-state index in [0.29, 0.717) is 26.2 Å². The van der Waals surface area contributed by atoms with Gasteiger partial charge in [0.05, 0.1) is 18.6 Å². The van der Waals surface area contributed by atoms with Gasteiger partial charge in [0, 0.05) is 13.1 Å². The third-order valence-corrected chi connectivity index (χ3v) is 5.44. The highest BCUT2D eigenvalue weighted by Gasteiger charge is 2.43. The van der Waals surface area contributed by atoms with Gasteiger partial charge in [-0.15, -0.1) is 0 Å². The van der Waals surface area contributed by atoms with Crippen molar-refractivity contribution in [3.05, 3.63) is 65.7 Å². The number of ether oxygens (including phenoxy) is 2. The maximum Gasteiger partial charge on any atom is 0.313 e. The number of likely N-dealkylation sites (tertiary alicyclic amines) is 1. The van der Waals surface area contributed by atoms with Gasteiger partial charge in [0.2, 0.25) is 0 Å². The predicted molar refractivity (Wildman–Crippen MR) is 113 cm³/mol. The van der Waals surface area contributed by atoms with Crippen LogP contribution in [0.5, 0.6) is 5.75 Å². The first-order chi connectivity index (χ1) is 14.1. The van der Waals surface area contributed by atoms with Crippen LogP contribution >= 0.6 is 0 Å². The summed E-state index contributed by atoms with van der Waals surface area (Å²) >= 11 is 0. The molecule has 5 heteroatoms. The molecule has 3 rings (SSSR count). The Morgan fingerprint density at radius 1 is 1.10 bits per heavy atom. The second-order valence-electron chi connectivity index (χ2n) is 7.69. The molecule has 0 saturated carbocycles. The summed E-state index contributed by atoms with van der Waals surface area (Å²) in [6.07, 6.45) is 2.53. The highest BCUT2D eigenvalue weighted by atomic mass is 16.5. The molecule has 0 aliphatic carbocycles. The van der Waals surface area contributed by atoms with Crippen LogP contribution in [0.2, 0.25) is 0 Å². The zero-order valence-electron chi connectivity index (χ0n) is 17.2. The number of esters is 1. The van der Waals surface area contributed by atoms with Crippen LogP contribution in [0.3, 0.4) is 0 Å². The molecular weight excluding hydrogens is 366 g/mol. The fraction of sp³-hybridized carbons (Fsp3) is 0.458. The molecule has 1 heterocycles. The molecule has 0 bridgehead atoms. The summed E-state index contributed by atoms with van der Waals surface area (Å²) in [5, 5.41) is 8.87. The van der Waals surface area contributed by atoms with E-state index in [1.165, 1.54) is 11.1 Å². The molecule has 5 nitrogen and oxygen atoms in total. The van der Waals surface area contributed by atoms with Crippen molar-refractivity contribution < 1.29 is 19.4 Å². The molecule has 0 aromatic heterocycles. The van der Waals surface area contributed by atoms with Crippen molar-refractivity contribution in [1.82, 2.24) is 4.90 Å². The summed E-state index contributed by atoms with van der Waals surface area (Å²) in [6.45, 7) is 5.04. The average molecular weight is 398 g/mol. The van der Waals surface area contributed by atoms with Crippen molar-refractivity contribution in [3.8, 4) is 5.75 Å². The maximum absolute atomic E-state index is 13.0. The molecule has 1 saturated heterocycles. The predicted octanol–water partition coefficient (Wildman–Crippen LogP) is 3.45. The molecule has 29 heavy (non-hydrogen) atoms. The standard InChI is InChI=1S/C24H31NO4/c1-2-28-23(27)24(17-20-7-4-3-5-8-20)13-6-14-25(19-24)18-21-9-11-22(12-10-21)29-16-15-26/h3-5,7-12,26H,2,6,13-19H2,1H3/t24-/m1/s1. The van der Waals surface area contributed by atoms with Gasteiger partial charge in [-0.2, -0.15) is 0 Å². The van der Waals surface area contributed by atoms with E-state index in [9.17, 15) is 4.79 Å². The Bertz CT molecular complexity index is 762. The Labute approximate surface area is 173 Å². The number of nitrogens with zero attached hydrogens (tertiary/aromatic N) is 1. The van der Waals surface area contributed by atoms with Crippen LogP contribution in [0.1, 0.15) is 30.9 Å². The molecule has 0 spiro atoms. The molecule has 0 amide bonds. The quantitative estimate of drug-likeness (QED) is 0.657. The topological polar surface area (TPSA) is 59.0 Å². The number of piperidine rings is 1. The third-order valence-electron chi connectivity index (χ3n) is 5.44. The van der Waals surface area contributed by atoms with Crippen molar-refractivity contribution in [2.24, 2.45) is 5.41 Å². The van der Waals surface area contributed by atoms with Crippen molar-refractivity contribution in [1.29, 1.82) is 0 Å². The van der Waals surface area contributed by atoms with E-state index < -0.39 is 5.41 Å². The number of carbonyl (C=O) groups excluding carboxylic acids is 1. The second kappa shape index (κ2) is 10.4. The number of benzene rings is 2. The highest BCUT2D eigenvalue weighted by Crippen LogP contribution is 2.36. The van der Waals surface area contributed by atoms with Crippen molar-refractivity contribution in [2.75, 3.05) is 32.9 Å². The zero-order chi connectivity index (χ0) is 20.5. The SMILES string of the molecule is CCOC(=O)[C@@]1(Cc2ccccc2)CCCN(Cc2ccc(OCCO)cc2)C1. The molecule has 156 valence electrons. The van der Waals surface area contributed by atoms with Crippen LogP contribution in [0.25, 0.3) is 0 Å². The van der Waals surface area contributed by atoms with E-state index in [2.05, 4.69) is 17.0 Å². The molecule has 1 atom stereocenters. The fourth-order valence-corrected chi connectivity index (χ4v) is 4.13. The molecule has 2 aromatic rings. The van der Waals surface area contributed by atoms with Crippen LogP contribution in [0.4, 0.5) is 0 Å². The van der Waals surface area contributed by atoms with Crippen LogP contribution in [0.15, 0.2) is 54.6 Å². The summed E-state index contributed by atoms with van der Waals surface area (Å²) in [6, 6.07) is 18.2. The Morgan fingerprint density at radius 2 is 1.86 bits per heavy atom. The van der Waals surface area contributed by atoms with Crippen LogP contribution < -0.4 is 4.74 Å². The Morgan fingerprint density at radius 3 is 2.55 bits per heavy atom. The fourth-order valence-electron chi connectivity index (χ4n) is 4.13. The summed E-state index contributed by atoms with van der Waals surface area (Å²) in [5.41, 5.74) is 1.85. The van der Waals surface area contributed by atoms with Crippen LogP contribution in [-0.4, -0.2) is 48.9 Å². The highest BCUT2D eigenvalue weighted by molar-refractivity contribution is 5.77. The largest absolute Gasteiger partial charge is 0.491 e. The second-order valence-corrected chi connectivity index (χ2v) is 7.69. The summed E-state index contributed by atoms with van der Waals surface area (Å²) in [4.78, 5) is 15.3. The van der Waals surface area contributed by atoms with Gasteiger partial charge >= 0.3 is 5.97 Å². The van der Waals surface area contributed by atoms with E-state index in [1.807, 2.05) is 49.4 Å². The van der Waals surface area contributed by atoms with E-state index in [4.69, 9.17) is 14.6 Å². The number of hydrogen-bond donors (Lipinski definition) is 1. The Hall–Kier alpha value is -2.37. The lowest BCUT2D eigenvalue weighted by Crippen LogP contribution is -2.49. The summed E-state index contributed by atoms with van der Waals surface area (Å²) < 4.78 is 10.9. The third kappa shape index (κ3) is 5.81. The molecule has 1 fully saturated rings. The number of aliphatic hydroxyl groups excluding tert-OH is 1. The smallest absolute Gasteiger partial charge is 0.313 e. The first-order valence-electron chi connectivity index (χ1n) is 10.4. The van der Waals surface area contributed by atoms with E-state index >= 15 is 0 Å². The molecule has 1 N–H and O–H groups in total. The van der Waals surface area contributed by atoms with Gasteiger partial charge in [-0.05, 0) is 56.0 Å². The number of aliphatic hydroxyl groups is 1. The van der Waals surface area contributed by atoms with Gasteiger partial charge in [0.25, 0.3) is 0 Å². The Balaban J connectivity index is 1.71. The first-order valence-corrected chi connectivity index (χ1v) is 10.4. The van der Waals surface area contributed by atoms with Crippen molar-refractivity contribution in [2.45, 2.75) is 32.7 Å². The van der Waals surface area contributed by atoms with Crippen molar-refractivity contribution >= 4 is 5.97 Å². The van der Waals surface area contributed by atoms with E-state index in [-0.39, 0.29) is 12.6 Å². The summed E-state index contributed by atoms with van der Waals surface area (Å²) in [5.74, 6) is 0.674. The maximum atomic E-state index is 13.0. The van der Waals surface area contributed by atoms with E-state index in [0.717, 1.165) is 31.7 Å². The average Bonchev–Trinajstić information content (AvgIpc) is 2.74. The lowest BCUT2D eigenvalue weighted by molar-refractivity contribution is -0.159. The molecule has 2 aromatic carbocycles. The monoisotopic (exact) mass is 397 g/mol. The molecule has 0 unspecified atom stereocenters. The normalized spacial score (nSPS) is 19.7. The molecule has 1 aliphatic heterocycles. The van der Waals surface area contributed by atoms with E-state index in [1.54, 1.807) is 0 Å². The van der Waals surface area contributed by atoms with Gasteiger partial charge in [0.15, 0.2) is 0 Å². The molecule has 0 radical (unpaired) electrons. The summed E-state index contributed by atoms with van der Waals surface area (Å²) in [7, 11) is 0. The minimum atomic E-state index is -0.500. The van der Waals surface area contributed by atoms with Crippen molar-refractivity contribution in [3.63, 3.8) is 0 Å². The van der Waals surface area contributed by atoms with Crippen LogP contribution in [-0.2, 0) is 22.5 Å². The minimum absolute atomic E-state index is 0.00683. The Kier molecular flexibility index (Phi) is 7.67. The molecular formula is C24H31NO4. The lowest BCUT2D eigenvalue weighted by Gasteiger charge is -2.41. The number of rotatable bonds is 9. The van der Waals surface area contributed by atoms with Gasteiger partial charge in [-0.3, -0.25) is 9.69 Å². The zero-order valence-corrected chi connectivity index (χ0v) is 17.2. The minimum Gasteiger partial charge on any atom is -0.491 e. The van der Waals surface area contributed by atoms with Crippen LogP contribution in [0, 0.1) is 5.41 Å². The van der Waals surface area contributed by atoms with Gasteiger partial charge in [-0.1, -0.05) is 42.5 Å². The van der Waals surface area contributed by atoms with Gasteiger partial charge in [-0.25, -0.2) is 0 Å². The lowest BCUT2D eigenvalue weighted by atomic mass is 9.75. The van der Waals surface area contributed by atoms with Gasteiger partial charge in [0.1, 0.15) is 12.4 Å². The first kappa shape index (κ1) is 21.3. The number of hydrogen-bond acceptors (Lipinski definition) is 5.